The number of nitro groups is 1. The summed E-state index contributed by atoms with van der Waals surface area (Å²) in [6.07, 6.45) is -0.588. The first-order valence-electron chi connectivity index (χ1n) is 6.39. The molecule has 2 saturated heterocycles. The first-order valence-corrected chi connectivity index (χ1v) is 6.39. The molecule has 2 aliphatic heterocycles. The lowest BCUT2D eigenvalue weighted by molar-refractivity contribution is -0.384. The van der Waals surface area contributed by atoms with Gasteiger partial charge in [-0.2, -0.15) is 0 Å². The van der Waals surface area contributed by atoms with Gasteiger partial charge in [0.15, 0.2) is 6.23 Å². The third-order valence-electron chi connectivity index (χ3n) is 3.45. The Hall–Kier alpha value is -2.97. The summed E-state index contributed by atoms with van der Waals surface area (Å²) in [4.78, 5) is 45.9. The maximum absolute atomic E-state index is 11.9. The van der Waals surface area contributed by atoms with Crippen LogP contribution in [0.1, 0.15) is 12.0 Å². The second-order valence-electron chi connectivity index (χ2n) is 4.83. The Morgan fingerprint density at radius 3 is 2.64 bits per heavy atom. The number of hydrogen-bond acceptors (Lipinski definition) is 7. The number of benzene rings is 1. The van der Waals surface area contributed by atoms with E-state index in [0.717, 1.165) is 4.90 Å². The molecule has 1 aromatic carbocycles. The van der Waals surface area contributed by atoms with Gasteiger partial charge in [0, 0.05) is 12.1 Å². The summed E-state index contributed by atoms with van der Waals surface area (Å²) in [5, 5.41) is 10.5. The smallest absolute Gasteiger partial charge is 0.342 e. The van der Waals surface area contributed by atoms with Crippen molar-refractivity contribution in [1.82, 2.24) is 4.90 Å². The van der Waals surface area contributed by atoms with E-state index in [1.165, 1.54) is 24.3 Å². The van der Waals surface area contributed by atoms with Crippen LogP contribution in [0.25, 0.3) is 0 Å². The van der Waals surface area contributed by atoms with Crippen molar-refractivity contribution in [2.24, 2.45) is 0 Å². The van der Waals surface area contributed by atoms with Crippen molar-refractivity contribution in [3.8, 4) is 0 Å². The number of non-ortho nitro benzene ring substituents is 1. The molecule has 0 N–H and O–H groups in total. The van der Waals surface area contributed by atoms with Crippen LogP contribution in [0.2, 0.25) is 0 Å². The Labute approximate surface area is 123 Å². The van der Waals surface area contributed by atoms with Gasteiger partial charge in [-0.1, -0.05) is 0 Å². The molecule has 2 unspecified atom stereocenters. The highest BCUT2D eigenvalue weighted by Gasteiger charge is 2.56. The topological polar surface area (TPSA) is 116 Å². The second-order valence-corrected chi connectivity index (χ2v) is 4.83. The van der Waals surface area contributed by atoms with Gasteiger partial charge in [0.05, 0.1) is 11.3 Å². The van der Waals surface area contributed by atoms with E-state index in [1.807, 2.05) is 0 Å². The van der Waals surface area contributed by atoms with E-state index in [-0.39, 0.29) is 24.6 Å². The molecule has 2 aliphatic rings. The number of β-lactam (4-membered cyclic amide) rings is 1. The second kappa shape index (κ2) is 5.10. The lowest BCUT2D eigenvalue weighted by Crippen LogP contribution is -2.55. The summed E-state index contributed by atoms with van der Waals surface area (Å²) >= 11 is 0. The van der Waals surface area contributed by atoms with Gasteiger partial charge in [0.2, 0.25) is 11.9 Å². The Morgan fingerprint density at radius 1 is 1.36 bits per heavy atom. The van der Waals surface area contributed by atoms with Crippen LogP contribution < -0.4 is 0 Å². The van der Waals surface area contributed by atoms with E-state index in [1.54, 1.807) is 0 Å². The number of hydrogen-bond donors (Lipinski definition) is 0. The first-order chi connectivity index (χ1) is 10.5. The van der Waals surface area contributed by atoms with E-state index in [4.69, 9.17) is 9.47 Å². The van der Waals surface area contributed by atoms with Gasteiger partial charge < -0.3 is 9.47 Å². The highest BCUT2D eigenvalue weighted by molar-refractivity contribution is 6.06. The van der Waals surface area contributed by atoms with Gasteiger partial charge in [-0.15, -0.1) is 0 Å². The maximum atomic E-state index is 11.9. The van der Waals surface area contributed by atoms with E-state index in [9.17, 15) is 24.5 Å². The SMILES string of the molecule is O=C(OCc1ccc([N+](=O)[O-])cc1)C1C(=O)OC2CC(=O)N21. The molecule has 1 aromatic rings. The summed E-state index contributed by atoms with van der Waals surface area (Å²) in [7, 11) is 0. The summed E-state index contributed by atoms with van der Waals surface area (Å²) in [5.74, 6) is -2.02. The summed E-state index contributed by atoms with van der Waals surface area (Å²) in [6.45, 7) is -0.159. The van der Waals surface area contributed by atoms with Crippen molar-refractivity contribution < 1.29 is 28.8 Å². The molecule has 3 rings (SSSR count). The number of rotatable bonds is 4. The van der Waals surface area contributed by atoms with Gasteiger partial charge in [-0.25, -0.2) is 9.59 Å². The normalized spacial score (nSPS) is 22.6. The Morgan fingerprint density at radius 2 is 2.05 bits per heavy atom. The number of carbonyl (C=O) groups excluding carboxylic acids is 3. The number of ether oxygens (including phenoxy) is 2. The number of fused-ring (bicyclic) bond motifs is 1. The molecule has 2 atom stereocenters. The standard InChI is InChI=1S/C13H10N2O7/c16-9-5-10-14(9)11(13(18)22-10)12(17)21-6-7-1-3-8(4-2-7)15(19)20/h1-4,10-11H,5-6H2. The predicted octanol–water partition coefficient (Wildman–Crippen LogP) is 0.122. The van der Waals surface area contributed by atoms with E-state index >= 15 is 0 Å². The van der Waals surface area contributed by atoms with Crippen molar-refractivity contribution in [2.45, 2.75) is 25.3 Å². The van der Waals surface area contributed by atoms with Crippen LogP contribution in [-0.2, 0) is 30.5 Å². The van der Waals surface area contributed by atoms with Crippen LogP contribution in [-0.4, -0.2) is 39.9 Å². The molecule has 0 aromatic heterocycles. The number of nitrogens with zero attached hydrogens (tertiary/aromatic N) is 2. The first kappa shape index (κ1) is 14.0. The number of nitro benzene ring substituents is 1. The fourth-order valence-electron chi connectivity index (χ4n) is 2.28. The molecule has 0 bridgehead atoms. The van der Waals surface area contributed by atoms with Crippen LogP contribution >= 0.6 is 0 Å². The van der Waals surface area contributed by atoms with Crippen molar-refractivity contribution in [3.05, 3.63) is 39.9 Å². The van der Waals surface area contributed by atoms with Gasteiger partial charge >= 0.3 is 11.9 Å². The third-order valence-corrected chi connectivity index (χ3v) is 3.45. The molecule has 9 heteroatoms. The lowest BCUT2D eigenvalue weighted by atomic mass is 10.1. The van der Waals surface area contributed by atoms with Crippen LogP contribution in [0.4, 0.5) is 5.69 Å². The van der Waals surface area contributed by atoms with Crippen molar-refractivity contribution in [3.63, 3.8) is 0 Å². The molecule has 2 heterocycles. The number of esters is 2. The minimum Gasteiger partial charge on any atom is -0.459 e. The molecular formula is C13H10N2O7. The van der Waals surface area contributed by atoms with E-state index in [2.05, 4.69) is 0 Å². The molecule has 22 heavy (non-hydrogen) atoms. The molecule has 0 saturated carbocycles. The zero-order valence-electron chi connectivity index (χ0n) is 11.1. The largest absolute Gasteiger partial charge is 0.459 e. The Bertz CT molecular complexity index is 669. The summed E-state index contributed by atoms with van der Waals surface area (Å²) in [6, 6.07) is 4.08. The lowest BCUT2D eigenvalue weighted by Gasteiger charge is -2.33. The monoisotopic (exact) mass is 306 g/mol. The maximum Gasteiger partial charge on any atom is 0.342 e. The number of amides is 1. The van der Waals surface area contributed by atoms with E-state index < -0.39 is 29.1 Å². The van der Waals surface area contributed by atoms with Crippen LogP contribution in [0, 0.1) is 10.1 Å². The molecule has 0 radical (unpaired) electrons. The molecule has 2 fully saturated rings. The van der Waals surface area contributed by atoms with Gasteiger partial charge in [-0.3, -0.25) is 19.8 Å². The fraction of sp³-hybridized carbons (Fsp3) is 0.308. The minimum absolute atomic E-state index is 0.0801. The summed E-state index contributed by atoms with van der Waals surface area (Å²) < 4.78 is 9.83. The van der Waals surface area contributed by atoms with Crippen LogP contribution in [0.3, 0.4) is 0 Å². The van der Waals surface area contributed by atoms with Crippen LogP contribution in [0.5, 0.6) is 0 Å². The summed E-state index contributed by atoms with van der Waals surface area (Å²) in [5.41, 5.74) is 0.445. The Balaban J connectivity index is 1.61. The average Bonchev–Trinajstić information content (AvgIpc) is 2.76. The average molecular weight is 306 g/mol. The van der Waals surface area contributed by atoms with Gasteiger partial charge in [0.1, 0.15) is 6.61 Å². The van der Waals surface area contributed by atoms with Crippen molar-refractivity contribution in [1.29, 1.82) is 0 Å². The number of carbonyl (C=O) groups is 3. The highest BCUT2D eigenvalue weighted by atomic mass is 16.6. The van der Waals surface area contributed by atoms with Crippen molar-refractivity contribution >= 4 is 23.5 Å². The van der Waals surface area contributed by atoms with E-state index in [0.29, 0.717) is 5.56 Å². The quantitative estimate of drug-likeness (QED) is 0.255. The Kier molecular flexibility index (Phi) is 3.24. The predicted molar refractivity (Wildman–Crippen MR) is 68.0 cm³/mol. The highest BCUT2D eigenvalue weighted by Crippen LogP contribution is 2.31. The molecule has 9 nitrogen and oxygen atoms in total. The van der Waals surface area contributed by atoms with Gasteiger partial charge in [0.25, 0.3) is 5.69 Å². The molecule has 1 amide bonds. The minimum atomic E-state index is -1.36. The zero-order chi connectivity index (χ0) is 15.9. The van der Waals surface area contributed by atoms with Crippen LogP contribution in [0.15, 0.2) is 24.3 Å². The zero-order valence-corrected chi connectivity index (χ0v) is 11.1. The third kappa shape index (κ3) is 2.26. The molecular weight excluding hydrogens is 296 g/mol. The molecule has 0 aliphatic carbocycles. The molecule has 114 valence electrons. The van der Waals surface area contributed by atoms with Gasteiger partial charge in [-0.05, 0) is 17.7 Å². The fourth-order valence-corrected chi connectivity index (χ4v) is 2.28. The molecule has 0 spiro atoms. The van der Waals surface area contributed by atoms with Crippen molar-refractivity contribution in [2.75, 3.05) is 0 Å².